The van der Waals surface area contributed by atoms with Gasteiger partial charge in [0.15, 0.2) is 5.16 Å². The summed E-state index contributed by atoms with van der Waals surface area (Å²) in [5.41, 5.74) is 5.15. The number of H-pyrrole nitrogens is 1. The van der Waals surface area contributed by atoms with E-state index >= 15 is 0 Å². The fourth-order valence-corrected chi connectivity index (χ4v) is 2.34. The summed E-state index contributed by atoms with van der Waals surface area (Å²) in [6.45, 7) is 0.614. The first kappa shape index (κ1) is 13.6. The third-order valence-electron chi connectivity index (χ3n) is 2.51. The highest BCUT2D eigenvalue weighted by Gasteiger charge is 2.06. The Balaban J connectivity index is 2.23. The molecule has 0 aliphatic rings. The zero-order valence-electron chi connectivity index (χ0n) is 10.4. The largest absolute Gasteiger partial charge is 0.339 e. The first-order valence-electron chi connectivity index (χ1n) is 5.74. The molecule has 0 fully saturated rings. The second kappa shape index (κ2) is 5.85. The lowest BCUT2D eigenvalue weighted by Gasteiger charge is -2.06. The van der Waals surface area contributed by atoms with Gasteiger partial charge in [-0.3, -0.25) is 19.4 Å². The molecule has 1 heterocycles. The second-order valence-corrected chi connectivity index (χ2v) is 5.02. The van der Waals surface area contributed by atoms with Crippen molar-refractivity contribution in [2.75, 3.05) is 6.54 Å². The molecule has 2 aromatic rings. The first-order valence-corrected chi connectivity index (χ1v) is 6.56. The third-order valence-corrected chi connectivity index (χ3v) is 3.57. The minimum Gasteiger partial charge on any atom is -0.330 e. The Kier molecular flexibility index (Phi) is 4.18. The van der Waals surface area contributed by atoms with Gasteiger partial charge in [0.25, 0.3) is 0 Å². The van der Waals surface area contributed by atoms with Crippen LogP contribution < -0.4 is 16.9 Å². The Morgan fingerprint density at radius 1 is 1.32 bits per heavy atom. The van der Waals surface area contributed by atoms with Crippen LogP contribution >= 0.6 is 11.8 Å². The maximum atomic E-state index is 11.2. The summed E-state index contributed by atoms with van der Waals surface area (Å²) in [4.78, 5) is 27.0. The summed E-state index contributed by atoms with van der Waals surface area (Å²) >= 11 is 1.31. The fraction of sp³-hybridized carbons (Fsp3) is 0.250. The monoisotopic (exact) mass is 278 g/mol. The molecule has 1 aromatic carbocycles. The van der Waals surface area contributed by atoms with Crippen LogP contribution in [0, 0.1) is 0 Å². The van der Waals surface area contributed by atoms with E-state index in [-0.39, 0.29) is 0 Å². The van der Waals surface area contributed by atoms with E-state index in [9.17, 15) is 9.59 Å². The van der Waals surface area contributed by atoms with E-state index in [1.807, 2.05) is 24.3 Å². The first-order chi connectivity index (χ1) is 9.10. The molecule has 2 rings (SSSR count). The minimum atomic E-state index is -0.777. The van der Waals surface area contributed by atoms with Crippen LogP contribution in [0.3, 0.4) is 0 Å². The van der Waals surface area contributed by atoms with E-state index in [0.29, 0.717) is 11.7 Å². The van der Waals surface area contributed by atoms with Crippen molar-refractivity contribution in [2.45, 2.75) is 16.5 Å². The van der Waals surface area contributed by atoms with Crippen molar-refractivity contribution in [1.29, 1.82) is 0 Å². The number of hydrogen-bond donors (Lipinski definition) is 2. The molecule has 0 radical (unpaired) electrons. The number of nitrogens with two attached hydrogens (primary N) is 1. The van der Waals surface area contributed by atoms with Gasteiger partial charge in [0.05, 0.1) is 0 Å². The Morgan fingerprint density at radius 2 is 2.00 bits per heavy atom. The topological polar surface area (TPSA) is 93.8 Å². The quantitative estimate of drug-likeness (QED) is 0.775. The summed E-state index contributed by atoms with van der Waals surface area (Å²) in [5, 5.41) is 2.85. The van der Waals surface area contributed by atoms with Crippen molar-refractivity contribution in [1.82, 2.24) is 14.8 Å². The Hall–Kier alpha value is -1.86. The van der Waals surface area contributed by atoms with E-state index in [1.165, 1.54) is 16.4 Å². The lowest BCUT2D eigenvalue weighted by Crippen LogP contribution is -2.33. The van der Waals surface area contributed by atoms with Gasteiger partial charge in [-0.15, -0.1) is 0 Å². The average Bonchev–Trinajstić information content (AvgIpc) is 2.38. The highest BCUT2D eigenvalue weighted by Crippen LogP contribution is 2.24. The van der Waals surface area contributed by atoms with Crippen LogP contribution in [0.1, 0.15) is 5.56 Å². The molecule has 0 saturated heterocycles. The number of benzene rings is 1. The average molecular weight is 278 g/mol. The van der Waals surface area contributed by atoms with Crippen LogP contribution in [-0.4, -0.2) is 21.3 Å². The van der Waals surface area contributed by atoms with Crippen LogP contribution in [0.4, 0.5) is 0 Å². The van der Waals surface area contributed by atoms with Crippen LogP contribution in [0.15, 0.2) is 43.9 Å². The Bertz CT molecular complexity index is 675. The smallest absolute Gasteiger partial charge is 0.330 e. The summed E-state index contributed by atoms with van der Waals surface area (Å²) in [7, 11) is 1.64. The van der Waals surface area contributed by atoms with Crippen molar-refractivity contribution in [3.05, 3.63) is 50.5 Å². The Labute approximate surface area is 113 Å². The summed E-state index contributed by atoms with van der Waals surface area (Å²) < 4.78 is 1.43. The van der Waals surface area contributed by atoms with E-state index in [1.54, 1.807) is 7.05 Å². The van der Waals surface area contributed by atoms with Crippen molar-refractivity contribution in [3.63, 3.8) is 0 Å². The summed E-state index contributed by atoms with van der Waals surface area (Å²) in [5.74, 6) is 0. The highest BCUT2D eigenvalue weighted by atomic mass is 32.2. The molecule has 0 aliphatic heterocycles. The van der Waals surface area contributed by atoms with Gasteiger partial charge in [-0.25, -0.2) is 0 Å². The van der Waals surface area contributed by atoms with Gasteiger partial charge >= 0.3 is 11.1 Å². The van der Waals surface area contributed by atoms with Gasteiger partial charge < -0.3 is 5.73 Å². The van der Waals surface area contributed by atoms with Crippen LogP contribution in [0.25, 0.3) is 0 Å². The molecule has 0 saturated carbocycles. The molecular weight excluding hydrogens is 264 g/mol. The van der Waals surface area contributed by atoms with E-state index in [4.69, 9.17) is 5.73 Å². The molecule has 6 nitrogen and oxygen atoms in total. The molecule has 0 spiro atoms. The number of nitrogens with one attached hydrogen (secondary N) is 1. The molecule has 0 bridgehead atoms. The standard InChI is InChI=1S/C12H14N4O2S/c1-16-12(14-10(17)11(18)15-16)19-9-4-2-8(3-5-9)6-7-13/h2-5H,6-7,13H2,1H3,(H,15,18). The molecule has 0 unspecified atom stereocenters. The fourth-order valence-electron chi connectivity index (χ4n) is 1.55. The van der Waals surface area contributed by atoms with Crippen LogP contribution in [0.2, 0.25) is 0 Å². The molecular formula is C12H14N4O2S. The van der Waals surface area contributed by atoms with Crippen LogP contribution in [0.5, 0.6) is 0 Å². The number of aromatic nitrogens is 3. The molecule has 0 amide bonds. The second-order valence-electron chi connectivity index (χ2n) is 3.98. The minimum absolute atomic E-state index is 0.441. The highest BCUT2D eigenvalue weighted by molar-refractivity contribution is 7.99. The Morgan fingerprint density at radius 3 is 2.63 bits per heavy atom. The zero-order valence-corrected chi connectivity index (χ0v) is 11.2. The van der Waals surface area contributed by atoms with Gasteiger partial charge in [-0.05, 0) is 30.7 Å². The van der Waals surface area contributed by atoms with E-state index in [0.717, 1.165) is 16.9 Å². The number of rotatable bonds is 4. The maximum Gasteiger partial charge on any atom is 0.339 e. The number of aryl methyl sites for hydroxylation is 1. The molecule has 100 valence electrons. The number of nitrogens with zero attached hydrogens (tertiary/aromatic N) is 2. The molecule has 19 heavy (non-hydrogen) atoms. The van der Waals surface area contributed by atoms with Crippen molar-refractivity contribution in [2.24, 2.45) is 12.8 Å². The molecule has 0 aliphatic carbocycles. The molecule has 3 N–H and O–H groups in total. The van der Waals surface area contributed by atoms with Gasteiger partial charge in [0, 0.05) is 11.9 Å². The number of aromatic amines is 1. The van der Waals surface area contributed by atoms with Crippen molar-refractivity contribution >= 4 is 11.8 Å². The predicted molar refractivity (Wildman–Crippen MR) is 73.4 cm³/mol. The van der Waals surface area contributed by atoms with Crippen LogP contribution in [-0.2, 0) is 13.5 Å². The SMILES string of the molecule is Cn1[nH]c(=O)c(=O)nc1Sc1ccc(CCN)cc1. The molecule has 7 heteroatoms. The third kappa shape index (κ3) is 3.33. The van der Waals surface area contributed by atoms with E-state index in [2.05, 4.69) is 10.1 Å². The lowest BCUT2D eigenvalue weighted by atomic mass is 10.2. The normalized spacial score (nSPS) is 10.6. The summed E-state index contributed by atoms with van der Waals surface area (Å²) in [6.07, 6.45) is 0.834. The van der Waals surface area contributed by atoms with Gasteiger partial charge in [-0.1, -0.05) is 23.9 Å². The lowest BCUT2D eigenvalue weighted by molar-refractivity contribution is 0.596. The summed E-state index contributed by atoms with van der Waals surface area (Å²) in [6, 6.07) is 7.85. The maximum absolute atomic E-state index is 11.2. The van der Waals surface area contributed by atoms with Crippen molar-refractivity contribution < 1.29 is 0 Å². The molecule has 0 atom stereocenters. The van der Waals surface area contributed by atoms with E-state index < -0.39 is 11.1 Å². The zero-order chi connectivity index (χ0) is 13.8. The van der Waals surface area contributed by atoms with Gasteiger partial charge in [0.1, 0.15) is 0 Å². The molecule has 1 aromatic heterocycles. The predicted octanol–water partition coefficient (Wildman–Crippen LogP) is 0.121. The van der Waals surface area contributed by atoms with Crippen molar-refractivity contribution in [3.8, 4) is 0 Å². The van der Waals surface area contributed by atoms with Gasteiger partial charge in [0.2, 0.25) is 0 Å². The number of hydrogen-bond acceptors (Lipinski definition) is 5. The van der Waals surface area contributed by atoms with Gasteiger partial charge in [-0.2, -0.15) is 4.98 Å².